The highest BCUT2D eigenvalue weighted by Crippen LogP contribution is 2.30. The van der Waals surface area contributed by atoms with Crippen molar-refractivity contribution < 1.29 is 19.1 Å². The molecule has 0 unspecified atom stereocenters. The third-order valence-electron chi connectivity index (χ3n) is 4.59. The van der Waals surface area contributed by atoms with E-state index in [2.05, 4.69) is 15.4 Å². The number of nitrogens with one attached hydrogen (secondary N) is 1. The van der Waals surface area contributed by atoms with Crippen LogP contribution in [0.5, 0.6) is 17.4 Å². The van der Waals surface area contributed by atoms with Gasteiger partial charge in [-0.25, -0.2) is 4.98 Å². The second kappa shape index (κ2) is 9.21. The Morgan fingerprint density at radius 2 is 1.83 bits per heavy atom. The highest BCUT2D eigenvalue weighted by atomic mass is 16.5. The molecule has 2 aromatic heterocycles. The van der Waals surface area contributed by atoms with Gasteiger partial charge in [-0.15, -0.1) is 0 Å². The number of anilines is 1. The number of hydrogen-bond donors (Lipinski definition) is 1. The smallest absolute Gasteiger partial charge is 0.226 e. The molecule has 0 radical (unpaired) electrons. The molecule has 0 atom stereocenters. The van der Waals surface area contributed by atoms with Gasteiger partial charge in [0.2, 0.25) is 11.8 Å². The predicted molar refractivity (Wildman–Crippen MR) is 112 cm³/mol. The van der Waals surface area contributed by atoms with Crippen LogP contribution in [0.1, 0.15) is 35.1 Å². The molecule has 8 heteroatoms. The number of benzene rings is 1. The van der Waals surface area contributed by atoms with Gasteiger partial charge in [-0.2, -0.15) is 5.10 Å². The molecule has 1 N–H and O–H groups in total. The van der Waals surface area contributed by atoms with E-state index < -0.39 is 0 Å². The van der Waals surface area contributed by atoms with E-state index in [1.54, 1.807) is 43.0 Å². The fourth-order valence-electron chi connectivity index (χ4n) is 3.19. The van der Waals surface area contributed by atoms with E-state index >= 15 is 0 Å². The number of aromatic nitrogens is 3. The summed E-state index contributed by atoms with van der Waals surface area (Å²) < 4.78 is 12.7. The van der Waals surface area contributed by atoms with Crippen LogP contribution in [0.2, 0.25) is 0 Å². The summed E-state index contributed by atoms with van der Waals surface area (Å²) in [5.41, 5.74) is 2.62. The zero-order chi connectivity index (χ0) is 21.7. The zero-order valence-corrected chi connectivity index (χ0v) is 17.4. The molecule has 0 fully saturated rings. The van der Waals surface area contributed by atoms with Crippen LogP contribution in [0.15, 0.2) is 42.6 Å². The van der Waals surface area contributed by atoms with Gasteiger partial charge in [0.05, 0.1) is 30.3 Å². The molecule has 2 heterocycles. The van der Waals surface area contributed by atoms with Crippen molar-refractivity contribution in [3.63, 3.8) is 0 Å². The summed E-state index contributed by atoms with van der Waals surface area (Å²) in [6, 6.07) is 10.7. The standard InChI is InChI=1S/C22H24N4O4/c1-14-22(16(3)27)15(2)26(25-14)12-11-20(28)24-17-9-10-21(23-13-17)30-19-8-6-5-7-18(19)29-4/h5-10,13H,11-12H2,1-4H3,(H,24,28). The van der Waals surface area contributed by atoms with E-state index in [4.69, 9.17) is 9.47 Å². The van der Waals surface area contributed by atoms with E-state index in [1.165, 1.54) is 13.1 Å². The number of amides is 1. The number of aryl methyl sites for hydroxylation is 2. The lowest BCUT2D eigenvalue weighted by Crippen LogP contribution is -2.16. The van der Waals surface area contributed by atoms with E-state index in [0.29, 0.717) is 40.9 Å². The lowest BCUT2D eigenvalue weighted by Gasteiger charge is -2.10. The number of ketones is 1. The van der Waals surface area contributed by atoms with Crippen molar-refractivity contribution in [2.24, 2.45) is 0 Å². The van der Waals surface area contributed by atoms with Gasteiger partial charge in [0, 0.05) is 24.7 Å². The van der Waals surface area contributed by atoms with Gasteiger partial charge >= 0.3 is 0 Å². The minimum atomic E-state index is -0.174. The largest absolute Gasteiger partial charge is 0.493 e. The van der Waals surface area contributed by atoms with Crippen LogP contribution in [0.3, 0.4) is 0 Å². The number of rotatable bonds is 8. The molecule has 0 saturated carbocycles. The average molecular weight is 408 g/mol. The van der Waals surface area contributed by atoms with Crippen molar-refractivity contribution in [2.75, 3.05) is 12.4 Å². The van der Waals surface area contributed by atoms with Crippen LogP contribution in [0, 0.1) is 13.8 Å². The fourth-order valence-corrected chi connectivity index (χ4v) is 3.19. The number of ether oxygens (including phenoxy) is 2. The van der Waals surface area contributed by atoms with Crippen molar-refractivity contribution in [1.82, 2.24) is 14.8 Å². The van der Waals surface area contributed by atoms with Crippen LogP contribution < -0.4 is 14.8 Å². The maximum atomic E-state index is 12.3. The SMILES string of the molecule is COc1ccccc1Oc1ccc(NC(=O)CCn2nc(C)c(C(C)=O)c2C)cn1. The molecule has 0 aliphatic carbocycles. The number of hydrogen-bond acceptors (Lipinski definition) is 6. The lowest BCUT2D eigenvalue weighted by molar-refractivity contribution is -0.116. The molecule has 156 valence electrons. The quantitative estimate of drug-likeness (QED) is 0.568. The van der Waals surface area contributed by atoms with Crippen LogP contribution in [0.4, 0.5) is 5.69 Å². The minimum absolute atomic E-state index is 0.0257. The highest BCUT2D eigenvalue weighted by molar-refractivity contribution is 5.96. The monoisotopic (exact) mass is 408 g/mol. The molecule has 0 saturated heterocycles. The molecule has 0 spiro atoms. The van der Waals surface area contributed by atoms with Gasteiger partial charge < -0.3 is 14.8 Å². The molecule has 3 aromatic rings. The van der Waals surface area contributed by atoms with Crippen LogP contribution in [-0.2, 0) is 11.3 Å². The van der Waals surface area contributed by atoms with Crippen LogP contribution in [-0.4, -0.2) is 33.6 Å². The number of para-hydroxylation sites is 2. The Balaban J connectivity index is 1.57. The third kappa shape index (κ3) is 4.83. The minimum Gasteiger partial charge on any atom is -0.493 e. The number of Topliss-reactive ketones (excluding diaryl/α,β-unsaturated/α-hetero) is 1. The number of pyridine rings is 1. The Labute approximate surface area is 174 Å². The van der Waals surface area contributed by atoms with E-state index in [9.17, 15) is 9.59 Å². The van der Waals surface area contributed by atoms with Crippen LogP contribution >= 0.6 is 0 Å². The van der Waals surface area contributed by atoms with Crippen molar-refractivity contribution in [2.45, 2.75) is 33.7 Å². The number of nitrogens with zero attached hydrogens (tertiary/aromatic N) is 3. The summed E-state index contributed by atoms with van der Waals surface area (Å²) in [7, 11) is 1.57. The second-order valence-corrected chi connectivity index (χ2v) is 6.76. The molecular formula is C22H24N4O4. The zero-order valence-electron chi connectivity index (χ0n) is 17.4. The number of carbonyl (C=O) groups excluding carboxylic acids is 2. The first-order chi connectivity index (χ1) is 14.4. The molecular weight excluding hydrogens is 384 g/mol. The lowest BCUT2D eigenvalue weighted by atomic mass is 10.1. The Hall–Kier alpha value is -3.68. The molecule has 3 rings (SSSR count). The van der Waals surface area contributed by atoms with E-state index in [-0.39, 0.29) is 18.1 Å². The van der Waals surface area contributed by atoms with Crippen molar-refractivity contribution in [1.29, 1.82) is 0 Å². The van der Waals surface area contributed by atoms with E-state index in [0.717, 1.165) is 5.69 Å². The molecule has 8 nitrogen and oxygen atoms in total. The van der Waals surface area contributed by atoms with Gasteiger partial charge in [-0.05, 0) is 39.0 Å². The van der Waals surface area contributed by atoms with Crippen molar-refractivity contribution >= 4 is 17.4 Å². The first-order valence-corrected chi connectivity index (χ1v) is 9.50. The third-order valence-corrected chi connectivity index (χ3v) is 4.59. The van der Waals surface area contributed by atoms with Gasteiger partial charge in [0.25, 0.3) is 0 Å². The summed E-state index contributed by atoms with van der Waals surface area (Å²) in [4.78, 5) is 28.2. The summed E-state index contributed by atoms with van der Waals surface area (Å²) in [5, 5.41) is 7.15. The van der Waals surface area contributed by atoms with Gasteiger partial charge in [0.1, 0.15) is 0 Å². The predicted octanol–water partition coefficient (Wildman–Crippen LogP) is 3.93. The summed E-state index contributed by atoms with van der Waals surface area (Å²) >= 11 is 0. The molecule has 1 amide bonds. The normalized spacial score (nSPS) is 10.5. The maximum absolute atomic E-state index is 12.3. The maximum Gasteiger partial charge on any atom is 0.226 e. The van der Waals surface area contributed by atoms with Crippen LogP contribution in [0.25, 0.3) is 0 Å². The van der Waals surface area contributed by atoms with Gasteiger partial charge in [-0.3, -0.25) is 14.3 Å². The average Bonchev–Trinajstić information content (AvgIpc) is 3.01. The Morgan fingerprint density at radius 1 is 1.10 bits per heavy atom. The molecule has 0 aliphatic rings. The number of carbonyl (C=O) groups is 2. The summed E-state index contributed by atoms with van der Waals surface area (Å²) in [6.07, 6.45) is 1.75. The first kappa shape index (κ1) is 21.0. The van der Waals surface area contributed by atoms with E-state index in [1.807, 2.05) is 19.1 Å². The molecule has 1 aromatic carbocycles. The molecule has 0 aliphatic heterocycles. The second-order valence-electron chi connectivity index (χ2n) is 6.76. The van der Waals surface area contributed by atoms with Gasteiger partial charge in [0.15, 0.2) is 17.3 Å². The Morgan fingerprint density at radius 3 is 2.43 bits per heavy atom. The highest BCUT2D eigenvalue weighted by Gasteiger charge is 2.15. The van der Waals surface area contributed by atoms with Crippen molar-refractivity contribution in [3.8, 4) is 17.4 Å². The van der Waals surface area contributed by atoms with Crippen molar-refractivity contribution in [3.05, 3.63) is 59.5 Å². The Bertz CT molecular complexity index is 1060. The summed E-state index contributed by atoms with van der Waals surface area (Å²) in [6.45, 7) is 5.52. The first-order valence-electron chi connectivity index (χ1n) is 9.50. The number of methoxy groups -OCH3 is 1. The topological polar surface area (TPSA) is 95.3 Å². The molecule has 0 bridgehead atoms. The fraction of sp³-hybridized carbons (Fsp3) is 0.273. The van der Waals surface area contributed by atoms with Gasteiger partial charge in [-0.1, -0.05) is 12.1 Å². The molecule has 30 heavy (non-hydrogen) atoms. The summed E-state index contributed by atoms with van der Waals surface area (Å²) in [5.74, 6) is 1.35. The Kier molecular flexibility index (Phi) is 6.46.